The Hall–Kier alpha value is -1.01. The average Bonchev–Trinajstić information content (AvgIpc) is 3.07. The van der Waals surface area contributed by atoms with E-state index in [9.17, 15) is 9.59 Å². The van der Waals surface area contributed by atoms with Gasteiger partial charge in [-0.15, -0.1) is 11.3 Å². The fourth-order valence-electron chi connectivity index (χ4n) is 2.83. The first-order valence-corrected chi connectivity index (χ1v) is 10.2. The zero-order valence-electron chi connectivity index (χ0n) is 14.1. The Morgan fingerprint density at radius 2 is 2.04 bits per heavy atom. The highest BCUT2D eigenvalue weighted by atomic mass is 32.2. The van der Waals surface area contributed by atoms with Gasteiger partial charge in [0.2, 0.25) is 5.91 Å². The molecule has 0 aliphatic carbocycles. The van der Waals surface area contributed by atoms with E-state index < -0.39 is 6.04 Å². The van der Waals surface area contributed by atoms with Gasteiger partial charge in [-0.05, 0) is 48.1 Å². The number of nitrogens with one attached hydrogen (secondary N) is 1. The number of thiophene rings is 1. The SMILES string of the molecule is CC(C)CC(NC(=O)c1cccs1)C(=O)N(C)C1CCSCC1. The molecule has 6 heteroatoms. The summed E-state index contributed by atoms with van der Waals surface area (Å²) in [5.74, 6) is 2.46. The number of thioether (sulfide) groups is 1. The molecule has 0 aromatic carbocycles. The van der Waals surface area contributed by atoms with Crippen molar-refractivity contribution in [3.8, 4) is 0 Å². The first kappa shape index (κ1) is 18.3. The Kier molecular flexibility index (Phi) is 6.96. The predicted molar refractivity (Wildman–Crippen MR) is 98.1 cm³/mol. The number of rotatable bonds is 6. The molecule has 0 spiro atoms. The molecule has 4 nitrogen and oxygen atoms in total. The zero-order valence-corrected chi connectivity index (χ0v) is 15.7. The van der Waals surface area contributed by atoms with Crippen LogP contribution < -0.4 is 5.32 Å². The van der Waals surface area contributed by atoms with Gasteiger partial charge in [0.1, 0.15) is 6.04 Å². The summed E-state index contributed by atoms with van der Waals surface area (Å²) in [6.07, 6.45) is 2.75. The van der Waals surface area contributed by atoms with E-state index in [-0.39, 0.29) is 11.8 Å². The van der Waals surface area contributed by atoms with E-state index in [0.29, 0.717) is 23.3 Å². The molecule has 128 valence electrons. The zero-order chi connectivity index (χ0) is 16.8. The van der Waals surface area contributed by atoms with E-state index in [0.717, 1.165) is 24.3 Å². The van der Waals surface area contributed by atoms with Gasteiger partial charge in [0.05, 0.1) is 4.88 Å². The van der Waals surface area contributed by atoms with Gasteiger partial charge in [0.15, 0.2) is 0 Å². The van der Waals surface area contributed by atoms with E-state index >= 15 is 0 Å². The fraction of sp³-hybridized carbons (Fsp3) is 0.647. The van der Waals surface area contributed by atoms with Gasteiger partial charge in [-0.2, -0.15) is 11.8 Å². The number of amides is 2. The van der Waals surface area contributed by atoms with Crippen LogP contribution in [0.1, 0.15) is 42.8 Å². The average molecular weight is 355 g/mol. The predicted octanol–water partition coefficient (Wildman–Crippen LogP) is 3.25. The molecule has 1 N–H and O–H groups in total. The van der Waals surface area contributed by atoms with Crippen molar-refractivity contribution in [2.24, 2.45) is 5.92 Å². The lowest BCUT2D eigenvalue weighted by atomic mass is 10.0. The van der Waals surface area contributed by atoms with Crippen LogP contribution in [0.4, 0.5) is 0 Å². The third-order valence-corrected chi connectivity index (χ3v) is 6.06. The van der Waals surface area contributed by atoms with Crippen LogP contribution in [0.5, 0.6) is 0 Å². The maximum atomic E-state index is 12.9. The molecule has 1 aromatic heterocycles. The summed E-state index contributed by atoms with van der Waals surface area (Å²) < 4.78 is 0. The minimum atomic E-state index is -0.441. The molecule has 0 radical (unpaired) electrons. The van der Waals surface area contributed by atoms with Gasteiger partial charge in [0, 0.05) is 13.1 Å². The fourth-order valence-corrected chi connectivity index (χ4v) is 4.54. The first-order valence-electron chi connectivity index (χ1n) is 8.17. The van der Waals surface area contributed by atoms with E-state index in [4.69, 9.17) is 0 Å². The second-order valence-corrected chi connectivity index (χ2v) is 8.60. The highest BCUT2D eigenvalue weighted by Crippen LogP contribution is 2.22. The Morgan fingerprint density at radius 1 is 1.35 bits per heavy atom. The standard InChI is InChI=1S/C17H26N2O2S2/c1-12(2)11-14(18-16(20)15-5-4-8-23-15)17(21)19(3)13-6-9-22-10-7-13/h4-5,8,12-14H,6-7,9-11H2,1-3H3,(H,18,20). The Balaban J connectivity index is 2.03. The molecule has 2 amide bonds. The Morgan fingerprint density at radius 3 is 2.61 bits per heavy atom. The van der Waals surface area contributed by atoms with Crippen LogP contribution in [-0.4, -0.2) is 47.4 Å². The van der Waals surface area contributed by atoms with Crippen LogP contribution in [0.2, 0.25) is 0 Å². The third kappa shape index (κ3) is 5.24. The van der Waals surface area contributed by atoms with Gasteiger partial charge in [0.25, 0.3) is 5.91 Å². The van der Waals surface area contributed by atoms with E-state index in [1.54, 1.807) is 6.07 Å². The first-order chi connectivity index (χ1) is 11.0. The molecule has 2 rings (SSSR count). The van der Waals surface area contributed by atoms with Crippen molar-refractivity contribution in [2.75, 3.05) is 18.6 Å². The quantitative estimate of drug-likeness (QED) is 0.853. The van der Waals surface area contributed by atoms with Gasteiger partial charge in [-0.25, -0.2) is 0 Å². The van der Waals surface area contributed by atoms with Crippen molar-refractivity contribution in [2.45, 2.75) is 45.2 Å². The molecule has 1 atom stereocenters. The lowest BCUT2D eigenvalue weighted by molar-refractivity contribution is -0.134. The largest absolute Gasteiger partial charge is 0.341 e. The number of hydrogen-bond acceptors (Lipinski definition) is 4. The summed E-state index contributed by atoms with van der Waals surface area (Å²) in [4.78, 5) is 27.7. The summed E-state index contributed by atoms with van der Waals surface area (Å²) in [7, 11) is 1.88. The molecule has 1 aliphatic rings. The minimum absolute atomic E-state index is 0.0421. The van der Waals surface area contributed by atoms with Crippen molar-refractivity contribution in [1.82, 2.24) is 10.2 Å². The maximum Gasteiger partial charge on any atom is 0.261 e. The topological polar surface area (TPSA) is 49.4 Å². The molecule has 23 heavy (non-hydrogen) atoms. The molecule has 1 aliphatic heterocycles. The number of likely N-dealkylation sites (N-methyl/N-ethyl adjacent to an activating group) is 1. The number of hydrogen-bond donors (Lipinski definition) is 1. The molecule has 1 saturated heterocycles. The van der Waals surface area contributed by atoms with Gasteiger partial charge in [-0.1, -0.05) is 19.9 Å². The molecule has 0 bridgehead atoms. The Bertz CT molecular complexity index is 511. The third-order valence-electron chi connectivity index (χ3n) is 4.14. The Labute approximate surface area is 147 Å². The van der Waals surface area contributed by atoms with Crippen LogP contribution in [-0.2, 0) is 4.79 Å². The summed E-state index contributed by atoms with van der Waals surface area (Å²) in [6, 6.07) is 3.50. The number of nitrogens with zero attached hydrogens (tertiary/aromatic N) is 1. The second kappa shape index (κ2) is 8.73. The summed E-state index contributed by atoms with van der Waals surface area (Å²) in [5.41, 5.74) is 0. The molecular formula is C17H26N2O2S2. The number of carbonyl (C=O) groups is 2. The van der Waals surface area contributed by atoms with Crippen LogP contribution in [0, 0.1) is 5.92 Å². The minimum Gasteiger partial charge on any atom is -0.341 e. The summed E-state index contributed by atoms with van der Waals surface area (Å²) in [5, 5.41) is 4.82. The van der Waals surface area contributed by atoms with E-state index in [2.05, 4.69) is 19.2 Å². The van der Waals surface area contributed by atoms with Crippen LogP contribution in [0.25, 0.3) is 0 Å². The lowest BCUT2D eigenvalue weighted by Crippen LogP contribution is -2.51. The summed E-state index contributed by atoms with van der Waals surface area (Å²) >= 11 is 3.35. The highest BCUT2D eigenvalue weighted by molar-refractivity contribution is 7.99. The monoisotopic (exact) mass is 354 g/mol. The van der Waals surface area contributed by atoms with Crippen LogP contribution in [0.3, 0.4) is 0 Å². The van der Waals surface area contributed by atoms with Crippen molar-refractivity contribution < 1.29 is 9.59 Å². The van der Waals surface area contributed by atoms with Gasteiger partial charge in [-0.3, -0.25) is 9.59 Å². The van der Waals surface area contributed by atoms with Crippen molar-refractivity contribution in [3.05, 3.63) is 22.4 Å². The molecular weight excluding hydrogens is 328 g/mol. The number of carbonyl (C=O) groups excluding carboxylic acids is 2. The maximum absolute atomic E-state index is 12.9. The van der Waals surface area contributed by atoms with Crippen LogP contribution >= 0.6 is 23.1 Å². The molecule has 2 heterocycles. The highest BCUT2D eigenvalue weighted by Gasteiger charge is 2.30. The van der Waals surface area contributed by atoms with Gasteiger partial charge >= 0.3 is 0 Å². The van der Waals surface area contributed by atoms with E-state index in [1.165, 1.54) is 11.3 Å². The second-order valence-electron chi connectivity index (χ2n) is 6.43. The van der Waals surface area contributed by atoms with Crippen molar-refractivity contribution in [3.63, 3.8) is 0 Å². The van der Waals surface area contributed by atoms with Gasteiger partial charge < -0.3 is 10.2 Å². The van der Waals surface area contributed by atoms with E-state index in [1.807, 2.05) is 35.2 Å². The molecule has 1 aromatic rings. The summed E-state index contributed by atoms with van der Waals surface area (Å²) in [6.45, 7) is 4.16. The normalized spacial score (nSPS) is 17.0. The van der Waals surface area contributed by atoms with Crippen molar-refractivity contribution in [1.29, 1.82) is 0 Å². The lowest BCUT2D eigenvalue weighted by Gasteiger charge is -2.34. The molecule has 0 saturated carbocycles. The molecule has 1 fully saturated rings. The van der Waals surface area contributed by atoms with Crippen LogP contribution in [0.15, 0.2) is 17.5 Å². The molecule has 1 unspecified atom stereocenters. The van der Waals surface area contributed by atoms with Crippen molar-refractivity contribution >= 4 is 34.9 Å². The smallest absolute Gasteiger partial charge is 0.261 e.